The summed E-state index contributed by atoms with van der Waals surface area (Å²) < 4.78 is 5.60. The van der Waals surface area contributed by atoms with E-state index < -0.39 is 5.97 Å². The highest BCUT2D eigenvalue weighted by Gasteiger charge is 2.14. The van der Waals surface area contributed by atoms with Crippen molar-refractivity contribution < 1.29 is 14.6 Å². The summed E-state index contributed by atoms with van der Waals surface area (Å²) in [5.41, 5.74) is 3.42. The zero-order valence-corrected chi connectivity index (χ0v) is 12.1. The Hall–Kier alpha value is -2.00. The van der Waals surface area contributed by atoms with Crippen molar-refractivity contribution in [3.05, 3.63) is 63.7 Å². The van der Waals surface area contributed by atoms with Crippen molar-refractivity contribution in [2.45, 2.75) is 20.5 Å². The molecule has 0 radical (unpaired) electrons. The fourth-order valence-electron chi connectivity index (χ4n) is 1.87. The van der Waals surface area contributed by atoms with E-state index in [-0.39, 0.29) is 17.9 Å². The van der Waals surface area contributed by atoms with Gasteiger partial charge in [0.1, 0.15) is 12.2 Å². The number of para-hydroxylation sites is 1. The predicted octanol–water partition coefficient (Wildman–Crippen LogP) is 4.23. The van der Waals surface area contributed by atoms with Gasteiger partial charge in [-0.25, -0.2) is 4.79 Å². The van der Waals surface area contributed by atoms with Crippen molar-refractivity contribution in [3.8, 4) is 5.75 Å². The predicted molar refractivity (Wildman–Crippen MR) is 78.7 cm³/mol. The van der Waals surface area contributed by atoms with Crippen LogP contribution in [0.1, 0.15) is 27.0 Å². The first-order valence-corrected chi connectivity index (χ1v) is 6.57. The number of rotatable bonds is 4. The third-order valence-corrected chi connectivity index (χ3v) is 3.45. The Balaban J connectivity index is 2.22. The molecule has 2 rings (SSSR count). The monoisotopic (exact) mass is 290 g/mol. The van der Waals surface area contributed by atoms with Gasteiger partial charge in [-0.05, 0) is 42.7 Å². The van der Waals surface area contributed by atoms with Crippen LogP contribution in [-0.2, 0) is 6.61 Å². The zero-order valence-electron chi connectivity index (χ0n) is 11.3. The van der Waals surface area contributed by atoms with Crippen molar-refractivity contribution >= 4 is 17.6 Å². The van der Waals surface area contributed by atoms with E-state index in [4.69, 9.17) is 21.4 Å². The molecule has 1 N–H and O–H groups in total. The largest absolute Gasteiger partial charge is 0.486 e. The number of benzene rings is 2. The molecule has 20 heavy (non-hydrogen) atoms. The Labute approximate surface area is 122 Å². The first-order chi connectivity index (χ1) is 9.49. The average molecular weight is 291 g/mol. The molecule has 0 aliphatic carbocycles. The third-order valence-electron chi connectivity index (χ3n) is 3.15. The van der Waals surface area contributed by atoms with E-state index in [9.17, 15) is 4.79 Å². The normalized spacial score (nSPS) is 10.3. The standard InChI is InChI=1S/C16H15ClO3/c1-10-6-7-12(8-11(10)2)9-20-15-13(16(18)19)4-3-5-14(15)17/h3-8H,9H2,1-2H3,(H,18,19). The fraction of sp³-hybridized carbons (Fsp3) is 0.188. The molecule has 3 nitrogen and oxygen atoms in total. The lowest BCUT2D eigenvalue weighted by Crippen LogP contribution is -2.04. The van der Waals surface area contributed by atoms with Crippen LogP contribution in [0.4, 0.5) is 0 Å². The van der Waals surface area contributed by atoms with Gasteiger partial charge in [0, 0.05) is 0 Å². The second kappa shape index (κ2) is 5.97. The van der Waals surface area contributed by atoms with E-state index in [1.165, 1.54) is 17.2 Å². The minimum absolute atomic E-state index is 0.0707. The van der Waals surface area contributed by atoms with Crippen molar-refractivity contribution in [2.24, 2.45) is 0 Å². The zero-order chi connectivity index (χ0) is 14.7. The number of aromatic carboxylic acids is 1. The lowest BCUT2D eigenvalue weighted by atomic mass is 10.1. The van der Waals surface area contributed by atoms with E-state index in [1.807, 2.05) is 32.0 Å². The van der Waals surface area contributed by atoms with Crippen molar-refractivity contribution in [1.29, 1.82) is 0 Å². The van der Waals surface area contributed by atoms with Gasteiger partial charge in [-0.1, -0.05) is 35.9 Å². The summed E-state index contributed by atoms with van der Waals surface area (Å²) in [4.78, 5) is 11.1. The van der Waals surface area contributed by atoms with Gasteiger partial charge < -0.3 is 9.84 Å². The maximum atomic E-state index is 11.1. The Morgan fingerprint density at radius 2 is 1.95 bits per heavy atom. The maximum absolute atomic E-state index is 11.1. The molecule has 0 unspecified atom stereocenters. The molecule has 2 aromatic carbocycles. The Bertz CT molecular complexity index is 650. The smallest absolute Gasteiger partial charge is 0.339 e. The molecule has 0 aromatic heterocycles. The third kappa shape index (κ3) is 3.11. The number of ether oxygens (including phenoxy) is 1. The van der Waals surface area contributed by atoms with Gasteiger partial charge in [0.05, 0.1) is 5.02 Å². The van der Waals surface area contributed by atoms with Crippen LogP contribution in [0, 0.1) is 13.8 Å². The van der Waals surface area contributed by atoms with Gasteiger partial charge in [-0.2, -0.15) is 0 Å². The van der Waals surface area contributed by atoms with Gasteiger partial charge in [0.2, 0.25) is 0 Å². The van der Waals surface area contributed by atoms with Crippen LogP contribution >= 0.6 is 11.6 Å². The lowest BCUT2D eigenvalue weighted by molar-refractivity contribution is 0.0691. The van der Waals surface area contributed by atoms with E-state index in [1.54, 1.807) is 12.1 Å². The molecule has 104 valence electrons. The molecule has 0 fully saturated rings. The molecule has 0 aliphatic rings. The molecule has 0 spiro atoms. The second-order valence-corrected chi connectivity index (χ2v) is 5.04. The van der Waals surface area contributed by atoms with E-state index >= 15 is 0 Å². The molecule has 0 saturated heterocycles. The maximum Gasteiger partial charge on any atom is 0.339 e. The molecular formula is C16H15ClO3. The summed E-state index contributed by atoms with van der Waals surface area (Å²) in [6.45, 7) is 4.35. The summed E-state index contributed by atoms with van der Waals surface area (Å²) in [7, 11) is 0. The van der Waals surface area contributed by atoms with Crippen LogP contribution in [0.15, 0.2) is 36.4 Å². The minimum Gasteiger partial charge on any atom is -0.486 e. The highest BCUT2D eigenvalue weighted by molar-refractivity contribution is 6.32. The first-order valence-electron chi connectivity index (χ1n) is 6.20. The molecule has 0 saturated carbocycles. The van der Waals surface area contributed by atoms with Crippen molar-refractivity contribution in [2.75, 3.05) is 0 Å². The molecule has 0 atom stereocenters. The molecule has 0 amide bonds. The van der Waals surface area contributed by atoms with Crippen molar-refractivity contribution in [3.63, 3.8) is 0 Å². The first kappa shape index (κ1) is 14.4. The second-order valence-electron chi connectivity index (χ2n) is 4.63. The Morgan fingerprint density at radius 3 is 2.60 bits per heavy atom. The van der Waals surface area contributed by atoms with Gasteiger partial charge in [0.15, 0.2) is 5.75 Å². The number of halogens is 1. The summed E-state index contributed by atoms with van der Waals surface area (Å²) in [5, 5.41) is 9.43. The summed E-state index contributed by atoms with van der Waals surface area (Å²) in [6, 6.07) is 10.7. The number of hydrogen-bond donors (Lipinski definition) is 1. The molecule has 0 bridgehead atoms. The van der Waals surface area contributed by atoms with E-state index in [2.05, 4.69) is 0 Å². The topological polar surface area (TPSA) is 46.5 Å². The SMILES string of the molecule is Cc1ccc(COc2c(Cl)cccc2C(=O)O)cc1C. The van der Waals surface area contributed by atoms with Gasteiger partial charge in [0.25, 0.3) is 0 Å². The van der Waals surface area contributed by atoms with Gasteiger partial charge in [-0.3, -0.25) is 0 Å². The van der Waals surface area contributed by atoms with Crippen LogP contribution in [-0.4, -0.2) is 11.1 Å². The number of carboxylic acid groups (broad SMARTS) is 1. The average Bonchev–Trinajstić information content (AvgIpc) is 2.40. The van der Waals surface area contributed by atoms with Crippen LogP contribution in [0.2, 0.25) is 5.02 Å². The molecule has 0 heterocycles. The minimum atomic E-state index is -1.05. The van der Waals surface area contributed by atoms with Gasteiger partial charge in [-0.15, -0.1) is 0 Å². The van der Waals surface area contributed by atoms with E-state index in [0.717, 1.165) is 5.56 Å². The van der Waals surface area contributed by atoms with Crippen LogP contribution in [0.5, 0.6) is 5.75 Å². The Kier molecular flexibility index (Phi) is 4.30. The number of hydrogen-bond acceptors (Lipinski definition) is 2. The Morgan fingerprint density at radius 1 is 1.20 bits per heavy atom. The highest BCUT2D eigenvalue weighted by Crippen LogP contribution is 2.29. The number of carboxylic acids is 1. The van der Waals surface area contributed by atoms with Crippen LogP contribution in [0.25, 0.3) is 0 Å². The lowest BCUT2D eigenvalue weighted by Gasteiger charge is -2.11. The fourth-order valence-corrected chi connectivity index (χ4v) is 2.10. The summed E-state index contributed by atoms with van der Waals surface area (Å²) in [6.07, 6.45) is 0. The molecule has 0 aliphatic heterocycles. The number of carbonyl (C=O) groups is 1. The quantitative estimate of drug-likeness (QED) is 0.916. The molecule has 4 heteroatoms. The van der Waals surface area contributed by atoms with E-state index in [0.29, 0.717) is 5.02 Å². The van der Waals surface area contributed by atoms with Gasteiger partial charge >= 0.3 is 5.97 Å². The van der Waals surface area contributed by atoms with Crippen LogP contribution in [0.3, 0.4) is 0 Å². The summed E-state index contributed by atoms with van der Waals surface area (Å²) in [5.74, 6) is -0.845. The van der Waals surface area contributed by atoms with Crippen molar-refractivity contribution in [1.82, 2.24) is 0 Å². The van der Waals surface area contributed by atoms with Crippen LogP contribution < -0.4 is 4.74 Å². The molecule has 2 aromatic rings. The highest BCUT2D eigenvalue weighted by atomic mass is 35.5. The summed E-state index contributed by atoms with van der Waals surface area (Å²) >= 11 is 6.01. The number of aryl methyl sites for hydroxylation is 2. The molecular weight excluding hydrogens is 276 g/mol.